The van der Waals surface area contributed by atoms with Crippen LogP contribution in [0.1, 0.15) is 5.56 Å². The number of carbonyl (C=O) groups excluding carboxylic acids is 3. The van der Waals surface area contributed by atoms with Crippen molar-refractivity contribution in [3.05, 3.63) is 66.2 Å². The summed E-state index contributed by atoms with van der Waals surface area (Å²) in [5, 5.41) is 5.09. The van der Waals surface area contributed by atoms with Gasteiger partial charge in [-0.2, -0.15) is 0 Å². The molecule has 0 aromatic heterocycles. The van der Waals surface area contributed by atoms with E-state index in [9.17, 15) is 14.4 Å². The first kappa shape index (κ1) is 22.0. The summed E-state index contributed by atoms with van der Waals surface area (Å²) in [6.07, 6.45) is 2.97. The number of hydrogen-bond donors (Lipinski definition) is 2. The van der Waals surface area contributed by atoms with Gasteiger partial charge in [0.2, 0.25) is 5.91 Å². The Morgan fingerprint density at radius 1 is 1.00 bits per heavy atom. The van der Waals surface area contributed by atoms with E-state index in [2.05, 4.69) is 15.5 Å². The zero-order valence-electron chi connectivity index (χ0n) is 17.1. The SMILES string of the molecule is O=C(/C=C/c1ccccc1)NCC(=O)OCC(=O)Nc1ccc(N2CCOCC2)cc1. The lowest BCUT2D eigenvalue weighted by atomic mass is 10.2. The van der Waals surface area contributed by atoms with Crippen LogP contribution in [0.15, 0.2) is 60.7 Å². The van der Waals surface area contributed by atoms with E-state index in [0.29, 0.717) is 18.9 Å². The number of anilines is 2. The van der Waals surface area contributed by atoms with Gasteiger partial charge in [0, 0.05) is 30.5 Å². The van der Waals surface area contributed by atoms with Crippen LogP contribution in [0.3, 0.4) is 0 Å². The number of hydrogen-bond acceptors (Lipinski definition) is 6. The fourth-order valence-electron chi connectivity index (χ4n) is 2.93. The van der Waals surface area contributed by atoms with Crippen molar-refractivity contribution >= 4 is 35.2 Å². The molecular weight excluding hydrogens is 398 g/mol. The molecule has 0 aliphatic carbocycles. The van der Waals surface area contributed by atoms with Crippen molar-refractivity contribution in [2.75, 3.05) is 49.7 Å². The molecule has 31 heavy (non-hydrogen) atoms. The van der Waals surface area contributed by atoms with Gasteiger partial charge in [0.05, 0.1) is 13.2 Å². The molecular formula is C23H25N3O5. The molecule has 1 heterocycles. The lowest BCUT2D eigenvalue weighted by molar-refractivity contribution is -0.146. The minimum atomic E-state index is -0.695. The predicted octanol–water partition coefficient (Wildman–Crippen LogP) is 1.83. The molecule has 2 aromatic carbocycles. The minimum Gasteiger partial charge on any atom is -0.454 e. The lowest BCUT2D eigenvalue weighted by Crippen LogP contribution is -2.36. The molecule has 1 fully saturated rings. The van der Waals surface area contributed by atoms with Crippen LogP contribution in [-0.4, -0.2) is 57.2 Å². The van der Waals surface area contributed by atoms with Gasteiger partial charge in [0.25, 0.3) is 5.91 Å². The molecule has 0 bridgehead atoms. The number of morpholine rings is 1. The van der Waals surface area contributed by atoms with Gasteiger partial charge in [-0.1, -0.05) is 30.3 Å². The Balaban J connectivity index is 1.34. The van der Waals surface area contributed by atoms with E-state index in [1.807, 2.05) is 42.5 Å². The first-order valence-corrected chi connectivity index (χ1v) is 9.99. The summed E-state index contributed by atoms with van der Waals surface area (Å²) in [7, 11) is 0. The van der Waals surface area contributed by atoms with Crippen molar-refractivity contribution in [3.63, 3.8) is 0 Å². The number of ether oxygens (including phenoxy) is 2. The van der Waals surface area contributed by atoms with E-state index < -0.39 is 24.4 Å². The molecule has 2 aromatic rings. The fourth-order valence-corrected chi connectivity index (χ4v) is 2.93. The Morgan fingerprint density at radius 2 is 1.71 bits per heavy atom. The van der Waals surface area contributed by atoms with Crippen molar-refractivity contribution in [1.29, 1.82) is 0 Å². The molecule has 0 radical (unpaired) electrons. The predicted molar refractivity (Wildman–Crippen MR) is 118 cm³/mol. The maximum atomic E-state index is 12.0. The number of rotatable bonds is 8. The second kappa shape index (κ2) is 11.5. The summed E-state index contributed by atoms with van der Waals surface area (Å²) in [5.74, 6) is -1.58. The Bertz CT molecular complexity index is 907. The molecule has 162 valence electrons. The van der Waals surface area contributed by atoms with Gasteiger partial charge >= 0.3 is 5.97 Å². The lowest BCUT2D eigenvalue weighted by Gasteiger charge is -2.28. The quantitative estimate of drug-likeness (QED) is 0.497. The normalized spacial score (nSPS) is 13.6. The Labute approximate surface area is 180 Å². The van der Waals surface area contributed by atoms with E-state index >= 15 is 0 Å². The fraction of sp³-hybridized carbons (Fsp3) is 0.261. The van der Waals surface area contributed by atoms with Crippen LogP contribution in [0.5, 0.6) is 0 Å². The van der Waals surface area contributed by atoms with Crippen molar-refractivity contribution in [2.45, 2.75) is 0 Å². The molecule has 0 saturated carbocycles. The number of nitrogens with one attached hydrogen (secondary N) is 2. The van der Waals surface area contributed by atoms with Crippen molar-refractivity contribution < 1.29 is 23.9 Å². The highest BCUT2D eigenvalue weighted by atomic mass is 16.5. The largest absolute Gasteiger partial charge is 0.454 e. The Kier molecular flexibility index (Phi) is 8.19. The molecule has 2 amide bonds. The van der Waals surface area contributed by atoms with Crippen LogP contribution in [0, 0.1) is 0 Å². The van der Waals surface area contributed by atoms with Gasteiger partial charge in [-0.25, -0.2) is 0 Å². The van der Waals surface area contributed by atoms with Crippen LogP contribution in [0.2, 0.25) is 0 Å². The number of esters is 1. The minimum absolute atomic E-state index is 0.320. The van der Waals surface area contributed by atoms with Crippen LogP contribution in [0.4, 0.5) is 11.4 Å². The summed E-state index contributed by atoms with van der Waals surface area (Å²) >= 11 is 0. The smallest absolute Gasteiger partial charge is 0.325 e. The standard InChI is InChI=1S/C23H25N3O5/c27-21(11-6-18-4-2-1-3-5-18)24-16-23(29)31-17-22(28)25-19-7-9-20(10-8-19)26-12-14-30-15-13-26/h1-11H,12-17H2,(H,24,27)(H,25,28)/b11-6+. The topological polar surface area (TPSA) is 97.0 Å². The summed E-state index contributed by atoms with van der Waals surface area (Å²) in [4.78, 5) is 37.7. The number of carbonyl (C=O) groups is 3. The average molecular weight is 423 g/mol. The Hall–Kier alpha value is -3.65. The van der Waals surface area contributed by atoms with Crippen LogP contribution < -0.4 is 15.5 Å². The van der Waals surface area contributed by atoms with Gasteiger partial charge in [-0.3, -0.25) is 14.4 Å². The second-order valence-electron chi connectivity index (χ2n) is 6.82. The summed E-state index contributed by atoms with van der Waals surface area (Å²) in [6.45, 7) is 2.32. The zero-order chi connectivity index (χ0) is 21.9. The van der Waals surface area contributed by atoms with Gasteiger partial charge in [0.1, 0.15) is 6.54 Å². The van der Waals surface area contributed by atoms with E-state index in [4.69, 9.17) is 9.47 Å². The maximum Gasteiger partial charge on any atom is 0.325 e. The third-order valence-corrected chi connectivity index (χ3v) is 4.53. The molecule has 1 saturated heterocycles. The summed E-state index contributed by atoms with van der Waals surface area (Å²) in [6, 6.07) is 16.7. The molecule has 2 N–H and O–H groups in total. The van der Waals surface area contributed by atoms with E-state index in [0.717, 1.165) is 24.3 Å². The summed E-state index contributed by atoms with van der Waals surface area (Å²) < 4.78 is 10.2. The van der Waals surface area contributed by atoms with E-state index in [1.165, 1.54) is 6.08 Å². The zero-order valence-corrected chi connectivity index (χ0v) is 17.1. The van der Waals surface area contributed by atoms with Crippen LogP contribution in [-0.2, 0) is 23.9 Å². The van der Waals surface area contributed by atoms with Crippen molar-refractivity contribution in [3.8, 4) is 0 Å². The number of nitrogens with zero attached hydrogens (tertiary/aromatic N) is 1. The highest BCUT2D eigenvalue weighted by Crippen LogP contribution is 2.18. The van der Waals surface area contributed by atoms with Gasteiger partial charge in [-0.15, -0.1) is 0 Å². The maximum absolute atomic E-state index is 12.0. The third kappa shape index (κ3) is 7.60. The number of amides is 2. The third-order valence-electron chi connectivity index (χ3n) is 4.53. The summed E-state index contributed by atoms with van der Waals surface area (Å²) in [5.41, 5.74) is 2.54. The first-order valence-electron chi connectivity index (χ1n) is 9.99. The van der Waals surface area contributed by atoms with Crippen LogP contribution in [0.25, 0.3) is 6.08 Å². The molecule has 0 atom stereocenters. The first-order chi connectivity index (χ1) is 15.1. The van der Waals surface area contributed by atoms with E-state index in [-0.39, 0.29) is 6.54 Å². The monoisotopic (exact) mass is 423 g/mol. The second-order valence-corrected chi connectivity index (χ2v) is 6.82. The molecule has 1 aliphatic rings. The molecule has 1 aliphatic heterocycles. The molecule has 8 nitrogen and oxygen atoms in total. The Morgan fingerprint density at radius 3 is 2.42 bits per heavy atom. The molecule has 0 unspecified atom stereocenters. The number of benzene rings is 2. The molecule has 8 heteroatoms. The molecule has 3 rings (SSSR count). The average Bonchev–Trinajstić information content (AvgIpc) is 2.82. The van der Waals surface area contributed by atoms with Crippen molar-refractivity contribution in [1.82, 2.24) is 5.32 Å². The van der Waals surface area contributed by atoms with Gasteiger partial charge < -0.3 is 25.0 Å². The van der Waals surface area contributed by atoms with Gasteiger partial charge in [0.15, 0.2) is 6.61 Å². The van der Waals surface area contributed by atoms with E-state index in [1.54, 1.807) is 18.2 Å². The highest BCUT2D eigenvalue weighted by molar-refractivity contribution is 5.95. The van der Waals surface area contributed by atoms with Crippen LogP contribution >= 0.6 is 0 Å². The highest BCUT2D eigenvalue weighted by Gasteiger charge is 2.12. The molecule has 0 spiro atoms. The van der Waals surface area contributed by atoms with Crippen molar-refractivity contribution in [2.24, 2.45) is 0 Å². The van der Waals surface area contributed by atoms with Gasteiger partial charge in [-0.05, 0) is 35.9 Å².